The Morgan fingerprint density at radius 2 is 2.41 bits per heavy atom. The Labute approximate surface area is 104 Å². The minimum atomic E-state index is -0.316. The lowest BCUT2D eigenvalue weighted by molar-refractivity contribution is -0.139. The van der Waals surface area contributed by atoms with Crippen LogP contribution in [0.4, 0.5) is 0 Å². The second kappa shape index (κ2) is 7.23. The van der Waals surface area contributed by atoms with Gasteiger partial charge in [-0.2, -0.15) is 0 Å². The Morgan fingerprint density at radius 3 is 3.06 bits per heavy atom. The highest BCUT2D eigenvalue weighted by Gasteiger charge is 2.18. The van der Waals surface area contributed by atoms with Crippen LogP contribution in [-0.4, -0.2) is 51.6 Å². The highest BCUT2D eigenvalue weighted by molar-refractivity contribution is 8.00. The number of nitrogens with one attached hydrogen (secondary N) is 1. The van der Waals surface area contributed by atoms with Gasteiger partial charge in [-0.15, -0.1) is 5.10 Å². The highest BCUT2D eigenvalue weighted by atomic mass is 32.2. The molecule has 0 radical (unpaired) electrons. The number of aromatic nitrogens is 4. The van der Waals surface area contributed by atoms with Crippen LogP contribution < -0.4 is 5.32 Å². The van der Waals surface area contributed by atoms with E-state index in [1.165, 1.54) is 18.9 Å². The van der Waals surface area contributed by atoms with Gasteiger partial charge in [-0.3, -0.25) is 4.79 Å². The van der Waals surface area contributed by atoms with Crippen molar-refractivity contribution in [1.29, 1.82) is 0 Å². The van der Waals surface area contributed by atoms with Crippen molar-refractivity contribution < 1.29 is 9.53 Å². The minimum absolute atomic E-state index is 0.281. The number of hydrogen-bond acceptors (Lipinski definition) is 7. The van der Waals surface area contributed by atoms with Crippen LogP contribution in [0.1, 0.15) is 13.8 Å². The van der Waals surface area contributed by atoms with Crippen LogP contribution >= 0.6 is 11.8 Å². The second-order valence-electron chi connectivity index (χ2n) is 3.32. The molecule has 0 saturated carbocycles. The fourth-order valence-electron chi connectivity index (χ4n) is 1.16. The van der Waals surface area contributed by atoms with Crippen molar-refractivity contribution in [2.45, 2.75) is 30.8 Å². The number of thioether (sulfide) groups is 1. The minimum Gasteiger partial charge on any atom is -0.468 e. The number of rotatable bonds is 7. The van der Waals surface area contributed by atoms with Crippen molar-refractivity contribution >= 4 is 17.7 Å². The number of ether oxygens (including phenoxy) is 1. The van der Waals surface area contributed by atoms with Crippen LogP contribution in [0.3, 0.4) is 0 Å². The van der Waals surface area contributed by atoms with Crippen molar-refractivity contribution in [3.05, 3.63) is 0 Å². The molecule has 0 fully saturated rings. The van der Waals surface area contributed by atoms with Crippen molar-refractivity contribution in [2.24, 2.45) is 0 Å². The quantitative estimate of drug-likeness (QED) is 0.417. The third-order valence-electron chi connectivity index (χ3n) is 2.06. The van der Waals surface area contributed by atoms with E-state index in [1.54, 1.807) is 11.6 Å². The molecule has 17 heavy (non-hydrogen) atoms. The van der Waals surface area contributed by atoms with E-state index in [2.05, 4.69) is 25.6 Å². The molecule has 1 aromatic heterocycles. The summed E-state index contributed by atoms with van der Waals surface area (Å²) in [6, 6.07) is 0. The summed E-state index contributed by atoms with van der Waals surface area (Å²) in [7, 11) is 1.37. The van der Waals surface area contributed by atoms with Crippen LogP contribution in [0.15, 0.2) is 5.16 Å². The Hall–Kier alpha value is -1.15. The topological polar surface area (TPSA) is 81.9 Å². The first-order chi connectivity index (χ1) is 8.19. The largest absolute Gasteiger partial charge is 0.468 e. The number of carbonyl (C=O) groups is 1. The zero-order valence-corrected chi connectivity index (χ0v) is 11.0. The molecule has 7 nitrogen and oxygen atoms in total. The average molecular weight is 259 g/mol. The SMILES string of the molecule is CCNCCn1nnnc1SC(C)C(=O)OC. The molecule has 1 heterocycles. The van der Waals surface area contributed by atoms with Gasteiger partial charge in [0.25, 0.3) is 0 Å². The molecule has 0 saturated heterocycles. The van der Waals surface area contributed by atoms with Gasteiger partial charge in [-0.25, -0.2) is 4.68 Å². The van der Waals surface area contributed by atoms with Gasteiger partial charge in [0.05, 0.1) is 13.7 Å². The third-order valence-corrected chi connectivity index (χ3v) is 3.11. The standard InChI is InChI=1S/C9H17N5O2S/c1-4-10-5-6-14-9(11-12-13-14)17-7(2)8(15)16-3/h7,10H,4-6H2,1-3H3. The first kappa shape index (κ1) is 13.9. The Bertz CT molecular complexity index is 357. The molecule has 0 spiro atoms. The van der Waals surface area contributed by atoms with Gasteiger partial charge in [-0.05, 0) is 23.9 Å². The van der Waals surface area contributed by atoms with E-state index in [4.69, 9.17) is 0 Å². The maximum Gasteiger partial charge on any atom is 0.318 e. The number of carbonyl (C=O) groups excluding carboxylic acids is 1. The van der Waals surface area contributed by atoms with Crippen LogP contribution in [0.2, 0.25) is 0 Å². The number of likely N-dealkylation sites (N-methyl/N-ethyl adjacent to an activating group) is 1. The Balaban J connectivity index is 2.53. The van der Waals surface area contributed by atoms with Crippen molar-refractivity contribution in [2.75, 3.05) is 20.2 Å². The maximum atomic E-state index is 11.3. The lowest BCUT2D eigenvalue weighted by Gasteiger charge is -2.08. The van der Waals surface area contributed by atoms with Crippen LogP contribution in [0.25, 0.3) is 0 Å². The highest BCUT2D eigenvalue weighted by Crippen LogP contribution is 2.20. The van der Waals surface area contributed by atoms with E-state index >= 15 is 0 Å². The predicted molar refractivity (Wildman–Crippen MR) is 63.7 cm³/mol. The first-order valence-corrected chi connectivity index (χ1v) is 6.28. The molecular weight excluding hydrogens is 242 g/mol. The number of esters is 1. The van der Waals surface area contributed by atoms with Crippen molar-refractivity contribution in [3.8, 4) is 0 Å². The van der Waals surface area contributed by atoms with Crippen LogP contribution in [-0.2, 0) is 16.1 Å². The van der Waals surface area contributed by atoms with E-state index in [1.807, 2.05) is 6.92 Å². The van der Waals surface area contributed by atoms with Gasteiger partial charge in [0.1, 0.15) is 5.25 Å². The smallest absolute Gasteiger partial charge is 0.318 e. The summed E-state index contributed by atoms with van der Waals surface area (Å²) in [5, 5.41) is 14.8. The average Bonchev–Trinajstić information content (AvgIpc) is 2.76. The maximum absolute atomic E-state index is 11.3. The number of tetrazole rings is 1. The van der Waals surface area contributed by atoms with Crippen molar-refractivity contribution in [1.82, 2.24) is 25.5 Å². The fourth-order valence-corrected chi connectivity index (χ4v) is 2.00. The summed E-state index contributed by atoms with van der Waals surface area (Å²) in [4.78, 5) is 11.3. The van der Waals surface area contributed by atoms with Gasteiger partial charge in [0.15, 0.2) is 0 Å². The molecule has 1 N–H and O–H groups in total. The lowest BCUT2D eigenvalue weighted by Crippen LogP contribution is -2.21. The van der Waals surface area contributed by atoms with Crippen LogP contribution in [0, 0.1) is 0 Å². The summed E-state index contributed by atoms with van der Waals surface area (Å²) < 4.78 is 6.32. The molecule has 1 rings (SSSR count). The number of hydrogen-bond donors (Lipinski definition) is 1. The first-order valence-electron chi connectivity index (χ1n) is 5.40. The molecule has 0 aliphatic carbocycles. The lowest BCUT2D eigenvalue weighted by atomic mass is 10.5. The molecule has 0 bridgehead atoms. The second-order valence-corrected chi connectivity index (χ2v) is 4.63. The van der Waals surface area contributed by atoms with E-state index in [0.29, 0.717) is 11.7 Å². The summed E-state index contributed by atoms with van der Waals surface area (Å²) >= 11 is 1.29. The van der Waals surface area contributed by atoms with Gasteiger partial charge < -0.3 is 10.1 Å². The molecule has 0 aliphatic heterocycles. The molecule has 1 atom stereocenters. The fraction of sp³-hybridized carbons (Fsp3) is 0.778. The molecule has 1 aromatic rings. The molecule has 0 amide bonds. The normalized spacial score (nSPS) is 12.4. The van der Waals surface area contributed by atoms with Gasteiger partial charge in [0, 0.05) is 6.54 Å². The zero-order chi connectivity index (χ0) is 12.7. The van der Waals surface area contributed by atoms with E-state index in [-0.39, 0.29) is 11.2 Å². The van der Waals surface area contributed by atoms with Gasteiger partial charge in [0.2, 0.25) is 5.16 Å². The molecule has 8 heteroatoms. The number of nitrogens with zero attached hydrogens (tertiary/aromatic N) is 4. The van der Waals surface area contributed by atoms with E-state index in [0.717, 1.165) is 13.1 Å². The Morgan fingerprint density at radius 1 is 1.65 bits per heavy atom. The monoisotopic (exact) mass is 259 g/mol. The molecule has 96 valence electrons. The molecule has 0 aliphatic rings. The van der Waals surface area contributed by atoms with Gasteiger partial charge >= 0.3 is 5.97 Å². The summed E-state index contributed by atoms with van der Waals surface area (Å²) in [5.74, 6) is -0.281. The molecule has 1 unspecified atom stereocenters. The predicted octanol–water partition coefficient (Wildman–Crippen LogP) is -0.0638. The Kier molecular flexibility index (Phi) is 5.92. The number of methoxy groups -OCH3 is 1. The van der Waals surface area contributed by atoms with E-state index < -0.39 is 0 Å². The molecular formula is C9H17N5O2S. The van der Waals surface area contributed by atoms with Gasteiger partial charge in [-0.1, -0.05) is 18.7 Å². The van der Waals surface area contributed by atoms with Crippen molar-refractivity contribution in [3.63, 3.8) is 0 Å². The summed E-state index contributed by atoms with van der Waals surface area (Å²) in [6.07, 6.45) is 0. The third kappa shape index (κ3) is 4.31. The zero-order valence-electron chi connectivity index (χ0n) is 10.2. The summed E-state index contributed by atoms with van der Waals surface area (Å²) in [6.45, 7) is 6.18. The van der Waals surface area contributed by atoms with E-state index in [9.17, 15) is 4.79 Å². The molecule has 0 aromatic carbocycles. The van der Waals surface area contributed by atoms with Crippen LogP contribution in [0.5, 0.6) is 0 Å². The summed E-state index contributed by atoms with van der Waals surface area (Å²) in [5.41, 5.74) is 0.